The lowest BCUT2D eigenvalue weighted by atomic mass is 9.98. The fourth-order valence-corrected chi connectivity index (χ4v) is 0.979. The topological polar surface area (TPSA) is 12.0 Å². The lowest BCUT2D eigenvalue weighted by Gasteiger charge is -2.16. The highest BCUT2D eigenvalue weighted by atomic mass is 19.4. The Bertz CT molecular complexity index is 143. The van der Waals surface area contributed by atoms with Crippen LogP contribution in [0.1, 0.15) is 33.6 Å². The molecular formula is C10H20F3N. The van der Waals surface area contributed by atoms with Gasteiger partial charge in [0.15, 0.2) is 0 Å². The van der Waals surface area contributed by atoms with Gasteiger partial charge in [-0.05, 0) is 31.3 Å². The number of rotatable bonds is 6. The van der Waals surface area contributed by atoms with E-state index < -0.39 is 12.6 Å². The largest absolute Gasteiger partial charge is 0.389 e. The molecule has 0 bridgehead atoms. The average molecular weight is 211 g/mol. The van der Waals surface area contributed by atoms with Crippen molar-refractivity contribution in [1.82, 2.24) is 5.32 Å². The predicted octanol–water partition coefficient (Wildman–Crippen LogP) is 3.21. The van der Waals surface area contributed by atoms with E-state index in [0.29, 0.717) is 18.4 Å². The number of hydrogen-bond acceptors (Lipinski definition) is 1. The summed E-state index contributed by atoms with van der Waals surface area (Å²) in [6, 6.07) is 0. The standard InChI is InChI=1S/C10H20F3N/c1-8(2)9(3)7-14-6-4-5-10(11,12)13/h8-9,14H,4-7H2,1-3H3. The normalized spacial score (nSPS) is 14.8. The molecule has 0 aromatic rings. The maximum Gasteiger partial charge on any atom is 0.389 e. The molecule has 0 aliphatic rings. The fourth-order valence-electron chi connectivity index (χ4n) is 0.979. The Hall–Kier alpha value is -0.250. The minimum atomic E-state index is -4.01. The van der Waals surface area contributed by atoms with Gasteiger partial charge in [0, 0.05) is 6.42 Å². The molecule has 4 heteroatoms. The zero-order chi connectivity index (χ0) is 11.2. The molecular weight excluding hydrogens is 191 g/mol. The van der Waals surface area contributed by atoms with Crippen LogP contribution in [0.25, 0.3) is 0 Å². The van der Waals surface area contributed by atoms with Gasteiger partial charge in [-0.1, -0.05) is 20.8 Å². The van der Waals surface area contributed by atoms with Crippen LogP contribution in [0.3, 0.4) is 0 Å². The smallest absolute Gasteiger partial charge is 0.316 e. The fraction of sp³-hybridized carbons (Fsp3) is 1.00. The first-order chi connectivity index (χ1) is 6.33. The molecule has 0 rings (SSSR count). The molecule has 1 N–H and O–H groups in total. The Morgan fingerprint density at radius 2 is 1.71 bits per heavy atom. The van der Waals surface area contributed by atoms with E-state index >= 15 is 0 Å². The van der Waals surface area contributed by atoms with Crippen LogP contribution in [0.15, 0.2) is 0 Å². The molecule has 0 aliphatic heterocycles. The zero-order valence-corrected chi connectivity index (χ0v) is 9.12. The third-order valence-electron chi connectivity index (χ3n) is 2.42. The molecule has 0 saturated heterocycles. The van der Waals surface area contributed by atoms with Gasteiger partial charge < -0.3 is 5.32 Å². The first-order valence-electron chi connectivity index (χ1n) is 5.10. The van der Waals surface area contributed by atoms with E-state index in [9.17, 15) is 13.2 Å². The lowest BCUT2D eigenvalue weighted by Crippen LogP contribution is -2.25. The second kappa shape index (κ2) is 6.27. The van der Waals surface area contributed by atoms with Crippen LogP contribution < -0.4 is 5.32 Å². The van der Waals surface area contributed by atoms with Gasteiger partial charge in [-0.2, -0.15) is 13.2 Å². The summed E-state index contributed by atoms with van der Waals surface area (Å²) < 4.78 is 35.2. The molecule has 14 heavy (non-hydrogen) atoms. The maximum absolute atomic E-state index is 11.7. The maximum atomic E-state index is 11.7. The highest BCUT2D eigenvalue weighted by molar-refractivity contribution is 4.61. The summed E-state index contributed by atoms with van der Waals surface area (Å²) in [5.41, 5.74) is 0. The van der Waals surface area contributed by atoms with Crippen molar-refractivity contribution >= 4 is 0 Å². The SMILES string of the molecule is CC(C)C(C)CNCCCC(F)(F)F. The molecule has 0 aliphatic carbocycles. The Kier molecular flexibility index (Phi) is 6.16. The van der Waals surface area contributed by atoms with Crippen molar-refractivity contribution in [3.63, 3.8) is 0 Å². The molecule has 0 aromatic carbocycles. The van der Waals surface area contributed by atoms with Crippen molar-refractivity contribution in [3.05, 3.63) is 0 Å². The van der Waals surface area contributed by atoms with Gasteiger partial charge in [0.25, 0.3) is 0 Å². The molecule has 1 nitrogen and oxygen atoms in total. The molecule has 86 valence electrons. The molecule has 1 unspecified atom stereocenters. The van der Waals surface area contributed by atoms with Crippen LogP contribution in [0.4, 0.5) is 13.2 Å². The second-order valence-corrected chi connectivity index (χ2v) is 4.14. The van der Waals surface area contributed by atoms with Crippen molar-refractivity contribution in [2.45, 2.75) is 39.8 Å². The Labute approximate surface area is 84.1 Å². The summed E-state index contributed by atoms with van der Waals surface area (Å²) in [6.45, 7) is 7.58. The van der Waals surface area contributed by atoms with E-state index in [1.54, 1.807) is 0 Å². The first-order valence-corrected chi connectivity index (χ1v) is 5.10. The van der Waals surface area contributed by atoms with Gasteiger partial charge in [0.1, 0.15) is 0 Å². The number of nitrogens with one attached hydrogen (secondary N) is 1. The molecule has 0 aromatic heterocycles. The molecule has 0 spiro atoms. The van der Waals surface area contributed by atoms with E-state index in [0.717, 1.165) is 6.54 Å². The van der Waals surface area contributed by atoms with Crippen LogP contribution in [-0.2, 0) is 0 Å². The van der Waals surface area contributed by atoms with Gasteiger partial charge in [-0.25, -0.2) is 0 Å². The van der Waals surface area contributed by atoms with Crippen LogP contribution >= 0.6 is 0 Å². The van der Waals surface area contributed by atoms with Gasteiger partial charge in [-0.3, -0.25) is 0 Å². The Balaban J connectivity index is 3.30. The third kappa shape index (κ3) is 8.35. The average Bonchev–Trinajstić information content (AvgIpc) is 2.01. The van der Waals surface area contributed by atoms with Gasteiger partial charge in [0.05, 0.1) is 0 Å². The molecule has 0 fully saturated rings. The number of hydrogen-bond donors (Lipinski definition) is 1. The van der Waals surface area contributed by atoms with Crippen molar-refractivity contribution < 1.29 is 13.2 Å². The van der Waals surface area contributed by atoms with Crippen molar-refractivity contribution in [2.75, 3.05) is 13.1 Å². The zero-order valence-electron chi connectivity index (χ0n) is 9.12. The summed E-state index contributed by atoms with van der Waals surface area (Å²) in [7, 11) is 0. The monoisotopic (exact) mass is 211 g/mol. The van der Waals surface area contributed by atoms with E-state index in [1.807, 2.05) is 0 Å². The van der Waals surface area contributed by atoms with Gasteiger partial charge >= 0.3 is 6.18 Å². The minimum absolute atomic E-state index is 0.175. The van der Waals surface area contributed by atoms with E-state index in [4.69, 9.17) is 0 Å². The van der Waals surface area contributed by atoms with Crippen molar-refractivity contribution in [2.24, 2.45) is 11.8 Å². The first kappa shape index (κ1) is 13.8. The van der Waals surface area contributed by atoms with Crippen LogP contribution in [0.5, 0.6) is 0 Å². The number of halogens is 3. The third-order valence-corrected chi connectivity index (χ3v) is 2.42. The van der Waals surface area contributed by atoms with Crippen LogP contribution in [-0.4, -0.2) is 19.3 Å². The minimum Gasteiger partial charge on any atom is -0.316 e. The van der Waals surface area contributed by atoms with Crippen molar-refractivity contribution in [3.8, 4) is 0 Å². The highest BCUT2D eigenvalue weighted by Crippen LogP contribution is 2.20. The van der Waals surface area contributed by atoms with E-state index in [2.05, 4.69) is 26.1 Å². The predicted molar refractivity (Wildman–Crippen MR) is 52.2 cm³/mol. The van der Waals surface area contributed by atoms with Crippen molar-refractivity contribution in [1.29, 1.82) is 0 Å². The Morgan fingerprint density at radius 1 is 1.14 bits per heavy atom. The quantitative estimate of drug-likeness (QED) is 0.665. The second-order valence-electron chi connectivity index (χ2n) is 4.14. The van der Waals surface area contributed by atoms with Crippen LogP contribution in [0.2, 0.25) is 0 Å². The molecule has 0 radical (unpaired) electrons. The Morgan fingerprint density at radius 3 is 2.14 bits per heavy atom. The summed E-state index contributed by atoms with van der Waals surface area (Å²) >= 11 is 0. The summed E-state index contributed by atoms with van der Waals surface area (Å²) in [4.78, 5) is 0. The summed E-state index contributed by atoms with van der Waals surface area (Å²) in [5.74, 6) is 1.09. The lowest BCUT2D eigenvalue weighted by molar-refractivity contribution is -0.135. The highest BCUT2D eigenvalue weighted by Gasteiger charge is 2.25. The van der Waals surface area contributed by atoms with Gasteiger partial charge in [0.2, 0.25) is 0 Å². The molecule has 0 heterocycles. The van der Waals surface area contributed by atoms with Crippen LogP contribution in [0, 0.1) is 11.8 Å². The van der Waals surface area contributed by atoms with E-state index in [1.165, 1.54) is 0 Å². The number of alkyl halides is 3. The molecule has 0 saturated carbocycles. The van der Waals surface area contributed by atoms with E-state index in [-0.39, 0.29) is 6.42 Å². The molecule has 0 amide bonds. The summed E-state index contributed by atoms with van der Waals surface area (Å²) in [6.07, 6.45) is -4.52. The van der Waals surface area contributed by atoms with Gasteiger partial charge in [-0.15, -0.1) is 0 Å². The summed E-state index contributed by atoms with van der Waals surface area (Å²) in [5, 5.41) is 3.04. The molecule has 1 atom stereocenters.